The molecule has 3 heteroatoms. The number of Topliss-reactive ketones (excluding diaryl/α,β-unsaturated/α-hetero) is 1. The molecule has 0 radical (unpaired) electrons. The fourth-order valence-electron chi connectivity index (χ4n) is 2.22. The Morgan fingerprint density at radius 1 is 1.22 bits per heavy atom. The number of hydrogen-bond donors (Lipinski definition) is 0. The van der Waals surface area contributed by atoms with Gasteiger partial charge in [0.25, 0.3) is 0 Å². The zero-order chi connectivity index (χ0) is 13.3. The quantitative estimate of drug-likeness (QED) is 0.740. The Morgan fingerprint density at radius 2 is 1.83 bits per heavy atom. The van der Waals surface area contributed by atoms with Crippen LogP contribution in [0, 0.1) is 20.8 Å². The summed E-state index contributed by atoms with van der Waals surface area (Å²) in [5.74, 6) is 0.102. The maximum absolute atomic E-state index is 12.2. The van der Waals surface area contributed by atoms with Crippen LogP contribution in [-0.4, -0.2) is 5.78 Å². The number of aryl methyl sites for hydroxylation is 3. The molecule has 2 rings (SSSR count). The van der Waals surface area contributed by atoms with Crippen LogP contribution in [0.1, 0.15) is 31.9 Å². The van der Waals surface area contributed by atoms with Crippen LogP contribution in [0.5, 0.6) is 0 Å². The smallest absolute Gasteiger partial charge is 0.178 e. The molecule has 0 spiro atoms. The van der Waals surface area contributed by atoms with E-state index in [1.807, 2.05) is 5.38 Å². The van der Waals surface area contributed by atoms with Gasteiger partial charge in [-0.05, 0) is 48.9 Å². The third kappa shape index (κ3) is 2.65. The predicted molar refractivity (Wildman–Crippen MR) is 78.0 cm³/mol. The van der Waals surface area contributed by atoms with E-state index in [4.69, 9.17) is 11.6 Å². The van der Waals surface area contributed by atoms with Gasteiger partial charge < -0.3 is 0 Å². The average Bonchev–Trinajstić information content (AvgIpc) is 2.69. The minimum absolute atomic E-state index is 0.102. The first-order chi connectivity index (χ1) is 8.49. The van der Waals surface area contributed by atoms with Crippen molar-refractivity contribution in [3.8, 4) is 0 Å². The van der Waals surface area contributed by atoms with Gasteiger partial charge in [-0.2, -0.15) is 0 Å². The van der Waals surface area contributed by atoms with Gasteiger partial charge in [0.2, 0.25) is 0 Å². The first-order valence-corrected chi connectivity index (χ1v) is 7.07. The van der Waals surface area contributed by atoms with Crippen molar-refractivity contribution < 1.29 is 4.79 Å². The number of carbonyl (C=O) groups is 1. The van der Waals surface area contributed by atoms with Crippen LogP contribution in [0.3, 0.4) is 0 Å². The summed E-state index contributed by atoms with van der Waals surface area (Å²) in [5.41, 5.74) is 4.70. The molecule has 0 atom stereocenters. The van der Waals surface area contributed by atoms with E-state index in [2.05, 4.69) is 32.9 Å². The lowest BCUT2D eigenvalue weighted by atomic mass is 9.95. The summed E-state index contributed by atoms with van der Waals surface area (Å²) in [6.07, 6.45) is 0.429. The SMILES string of the molecule is Cc1cc(C)c(CC(=O)c2sccc2Cl)c(C)c1. The van der Waals surface area contributed by atoms with Crippen molar-refractivity contribution in [2.24, 2.45) is 0 Å². The molecular formula is C15H15ClOS. The molecule has 0 N–H and O–H groups in total. The van der Waals surface area contributed by atoms with Gasteiger partial charge in [0, 0.05) is 6.42 Å². The summed E-state index contributed by atoms with van der Waals surface area (Å²) >= 11 is 7.41. The van der Waals surface area contributed by atoms with Crippen molar-refractivity contribution in [1.82, 2.24) is 0 Å². The molecule has 2 aromatic rings. The molecule has 0 aliphatic heterocycles. The standard InChI is InChI=1S/C15H15ClOS/c1-9-6-10(2)12(11(3)7-9)8-14(17)15-13(16)4-5-18-15/h4-7H,8H2,1-3H3. The molecule has 0 unspecified atom stereocenters. The number of benzene rings is 1. The van der Waals surface area contributed by atoms with E-state index in [0.29, 0.717) is 16.3 Å². The highest BCUT2D eigenvalue weighted by Crippen LogP contribution is 2.25. The Balaban J connectivity index is 2.31. The molecule has 0 saturated heterocycles. The number of carbonyl (C=O) groups excluding carboxylic acids is 1. The first kappa shape index (κ1) is 13.3. The number of thiophene rings is 1. The van der Waals surface area contributed by atoms with Crippen LogP contribution in [0.2, 0.25) is 5.02 Å². The Kier molecular flexibility index (Phi) is 3.88. The van der Waals surface area contributed by atoms with Crippen LogP contribution in [0.4, 0.5) is 0 Å². The Labute approximate surface area is 116 Å². The number of ketones is 1. The molecular weight excluding hydrogens is 264 g/mol. The van der Waals surface area contributed by atoms with E-state index >= 15 is 0 Å². The molecule has 1 nitrogen and oxygen atoms in total. The Hall–Kier alpha value is -1.12. The van der Waals surface area contributed by atoms with E-state index in [1.54, 1.807) is 6.07 Å². The number of rotatable bonds is 3. The largest absolute Gasteiger partial charge is 0.293 e. The van der Waals surface area contributed by atoms with Crippen LogP contribution in [0.15, 0.2) is 23.6 Å². The molecule has 1 heterocycles. The molecule has 0 fully saturated rings. The normalized spacial score (nSPS) is 10.7. The van der Waals surface area contributed by atoms with Crippen LogP contribution < -0.4 is 0 Å². The van der Waals surface area contributed by atoms with Gasteiger partial charge in [-0.25, -0.2) is 0 Å². The highest BCUT2D eigenvalue weighted by atomic mass is 35.5. The second-order valence-electron chi connectivity index (χ2n) is 4.57. The highest BCUT2D eigenvalue weighted by Gasteiger charge is 2.15. The maximum Gasteiger partial charge on any atom is 0.178 e. The van der Waals surface area contributed by atoms with Gasteiger partial charge in [0.15, 0.2) is 5.78 Å². The summed E-state index contributed by atoms with van der Waals surface area (Å²) in [7, 11) is 0. The van der Waals surface area contributed by atoms with Gasteiger partial charge in [-0.1, -0.05) is 29.3 Å². The van der Waals surface area contributed by atoms with Gasteiger partial charge in [-0.15, -0.1) is 11.3 Å². The summed E-state index contributed by atoms with van der Waals surface area (Å²) in [6, 6.07) is 6.01. The van der Waals surface area contributed by atoms with E-state index in [9.17, 15) is 4.79 Å². The summed E-state index contributed by atoms with van der Waals surface area (Å²) in [6.45, 7) is 6.18. The molecule has 1 aromatic heterocycles. The summed E-state index contributed by atoms with van der Waals surface area (Å²) < 4.78 is 0. The van der Waals surface area contributed by atoms with Crippen LogP contribution in [-0.2, 0) is 6.42 Å². The molecule has 0 aliphatic rings. The van der Waals surface area contributed by atoms with E-state index in [1.165, 1.54) is 28.0 Å². The average molecular weight is 279 g/mol. The second-order valence-corrected chi connectivity index (χ2v) is 5.90. The maximum atomic E-state index is 12.2. The van der Waals surface area contributed by atoms with E-state index in [0.717, 1.165) is 5.56 Å². The minimum Gasteiger partial charge on any atom is -0.293 e. The Bertz CT molecular complexity index is 575. The third-order valence-electron chi connectivity index (χ3n) is 3.05. The highest BCUT2D eigenvalue weighted by molar-refractivity contribution is 7.12. The van der Waals surface area contributed by atoms with Gasteiger partial charge in [-0.3, -0.25) is 4.79 Å². The zero-order valence-corrected chi connectivity index (χ0v) is 12.3. The van der Waals surface area contributed by atoms with E-state index < -0.39 is 0 Å². The molecule has 1 aromatic carbocycles. The first-order valence-electron chi connectivity index (χ1n) is 5.82. The molecule has 0 saturated carbocycles. The molecule has 18 heavy (non-hydrogen) atoms. The van der Waals surface area contributed by atoms with Crippen LogP contribution in [0.25, 0.3) is 0 Å². The summed E-state index contributed by atoms with van der Waals surface area (Å²) in [4.78, 5) is 12.9. The van der Waals surface area contributed by atoms with E-state index in [-0.39, 0.29) is 5.78 Å². The minimum atomic E-state index is 0.102. The van der Waals surface area contributed by atoms with Gasteiger partial charge in [0.1, 0.15) is 0 Å². The predicted octanol–water partition coefficient (Wildman–Crippen LogP) is 4.75. The van der Waals surface area contributed by atoms with Crippen molar-refractivity contribution in [2.75, 3.05) is 0 Å². The van der Waals surface area contributed by atoms with Crippen molar-refractivity contribution in [3.05, 3.63) is 55.7 Å². The molecule has 94 valence electrons. The van der Waals surface area contributed by atoms with Crippen LogP contribution >= 0.6 is 22.9 Å². The van der Waals surface area contributed by atoms with Crippen molar-refractivity contribution in [2.45, 2.75) is 27.2 Å². The number of halogens is 1. The van der Waals surface area contributed by atoms with Crippen molar-refractivity contribution in [3.63, 3.8) is 0 Å². The summed E-state index contributed by atoms with van der Waals surface area (Å²) in [5, 5.41) is 2.41. The van der Waals surface area contributed by atoms with Crippen molar-refractivity contribution >= 4 is 28.7 Å². The topological polar surface area (TPSA) is 17.1 Å². The van der Waals surface area contributed by atoms with Crippen molar-refractivity contribution in [1.29, 1.82) is 0 Å². The zero-order valence-electron chi connectivity index (χ0n) is 10.7. The second kappa shape index (κ2) is 5.25. The lowest BCUT2D eigenvalue weighted by molar-refractivity contribution is 0.0996. The number of hydrogen-bond acceptors (Lipinski definition) is 2. The molecule has 0 amide bonds. The molecule has 0 bridgehead atoms. The monoisotopic (exact) mass is 278 g/mol. The lowest BCUT2D eigenvalue weighted by Crippen LogP contribution is -2.05. The third-order valence-corrected chi connectivity index (χ3v) is 4.43. The van der Waals surface area contributed by atoms with Gasteiger partial charge in [0.05, 0.1) is 9.90 Å². The fourth-order valence-corrected chi connectivity index (χ4v) is 3.32. The fraction of sp³-hybridized carbons (Fsp3) is 0.267. The lowest BCUT2D eigenvalue weighted by Gasteiger charge is -2.10. The molecule has 0 aliphatic carbocycles. The Morgan fingerprint density at radius 3 is 2.33 bits per heavy atom. The van der Waals surface area contributed by atoms with Gasteiger partial charge >= 0.3 is 0 Å².